The van der Waals surface area contributed by atoms with E-state index in [1.165, 1.54) is 19.1 Å². The topological polar surface area (TPSA) is 155 Å². The maximum Gasteiger partial charge on any atom is 0.509 e. The first-order chi connectivity index (χ1) is 24.2. The SMILES string of the molecule is CC(OC(=O)OCC(C)(CO)C(=O)Oc1c(F)c(F)c(F)c(F)c1F)C(=O)OC(C)C(=O)OCc1ccccc1.OCc1cccc(C(F)(F)F)c1. The monoisotopic (exact) mass is 754 g/mol. The third-order valence-corrected chi connectivity index (χ3v) is 6.61. The van der Waals surface area contributed by atoms with E-state index in [2.05, 4.69) is 14.2 Å². The number of carbonyl (C=O) groups excluding carboxylic acids is 4. The molecule has 3 atom stereocenters. The Hall–Kier alpha value is -5.30. The zero-order valence-electron chi connectivity index (χ0n) is 27.3. The third-order valence-electron chi connectivity index (χ3n) is 6.61. The molecule has 3 rings (SSSR count). The highest BCUT2D eigenvalue weighted by Crippen LogP contribution is 2.32. The van der Waals surface area contributed by atoms with Gasteiger partial charge in [0, 0.05) is 0 Å². The van der Waals surface area contributed by atoms with Crippen molar-refractivity contribution in [1.82, 2.24) is 0 Å². The molecular formula is C33H30F8O11. The maximum atomic E-state index is 13.8. The van der Waals surface area contributed by atoms with Gasteiger partial charge < -0.3 is 33.9 Å². The fourth-order valence-electron chi connectivity index (χ4n) is 3.51. The van der Waals surface area contributed by atoms with Crippen molar-refractivity contribution in [2.45, 2.75) is 52.4 Å². The van der Waals surface area contributed by atoms with Crippen molar-refractivity contribution in [3.8, 4) is 5.75 Å². The molecule has 0 fully saturated rings. The summed E-state index contributed by atoms with van der Waals surface area (Å²) in [5.74, 6) is -17.9. The van der Waals surface area contributed by atoms with Gasteiger partial charge in [0.05, 0.1) is 18.8 Å². The lowest BCUT2D eigenvalue weighted by atomic mass is 9.93. The molecule has 52 heavy (non-hydrogen) atoms. The number of benzene rings is 3. The lowest BCUT2D eigenvalue weighted by Crippen LogP contribution is -2.41. The number of alkyl halides is 3. The summed E-state index contributed by atoms with van der Waals surface area (Å²) in [5, 5.41) is 18.1. The fraction of sp³-hybridized carbons (Fsp3) is 0.333. The number of rotatable bonds is 12. The normalized spacial score (nSPS) is 13.3. The van der Waals surface area contributed by atoms with E-state index in [9.17, 15) is 59.4 Å². The van der Waals surface area contributed by atoms with Gasteiger partial charge in [-0.05, 0) is 44.0 Å². The molecule has 2 N–H and O–H groups in total. The van der Waals surface area contributed by atoms with Crippen LogP contribution in [0, 0.1) is 34.5 Å². The summed E-state index contributed by atoms with van der Waals surface area (Å²) in [6.45, 7) is 0.401. The molecule has 0 saturated heterocycles. The average molecular weight is 755 g/mol. The second-order valence-corrected chi connectivity index (χ2v) is 10.8. The minimum absolute atomic E-state index is 0.0870. The summed E-state index contributed by atoms with van der Waals surface area (Å²) >= 11 is 0. The lowest BCUT2D eigenvalue weighted by molar-refractivity contribution is -0.173. The van der Waals surface area contributed by atoms with Crippen molar-refractivity contribution >= 4 is 24.1 Å². The number of ether oxygens (including phenoxy) is 5. The molecular weight excluding hydrogens is 724 g/mol. The molecule has 284 valence electrons. The Balaban J connectivity index is 0.000000657. The van der Waals surface area contributed by atoms with Gasteiger partial charge in [-0.25, -0.2) is 27.6 Å². The van der Waals surface area contributed by atoms with Gasteiger partial charge in [0.1, 0.15) is 18.6 Å². The molecule has 19 heteroatoms. The number of aliphatic hydroxyl groups is 2. The third kappa shape index (κ3) is 11.9. The second-order valence-electron chi connectivity index (χ2n) is 10.8. The van der Waals surface area contributed by atoms with Crippen LogP contribution in [0.2, 0.25) is 0 Å². The first kappa shape index (κ1) is 42.9. The number of hydrogen-bond donors (Lipinski definition) is 2. The summed E-state index contributed by atoms with van der Waals surface area (Å²) in [7, 11) is 0. The van der Waals surface area contributed by atoms with Crippen LogP contribution in [0.15, 0.2) is 54.6 Å². The van der Waals surface area contributed by atoms with Crippen molar-refractivity contribution in [2.75, 3.05) is 13.2 Å². The van der Waals surface area contributed by atoms with Crippen molar-refractivity contribution < 1.29 is 88.2 Å². The van der Waals surface area contributed by atoms with Gasteiger partial charge in [0.2, 0.25) is 34.8 Å². The van der Waals surface area contributed by atoms with Crippen LogP contribution in [-0.2, 0) is 52.7 Å². The number of hydrogen-bond acceptors (Lipinski definition) is 11. The summed E-state index contributed by atoms with van der Waals surface area (Å²) in [6, 6.07) is 13.2. The van der Waals surface area contributed by atoms with E-state index in [1.807, 2.05) is 0 Å². The van der Waals surface area contributed by atoms with E-state index < -0.39 is 101 Å². The smallest absolute Gasteiger partial charge is 0.458 e. The van der Waals surface area contributed by atoms with Gasteiger partial charge in [-0.15, -0.1) is 0 Å². The van der Waals surface area contributed by atoms with Gasteiger partial charge in [-0.2, -0.15) is 22.0 Å². The molecule has 3 aromatic carbocycles. The Kier molecular flexibility index (Phi) is 15.5. The van der Waals surface area contributed by atoms with Gasteiger partial charge in [-0.3, -0.25) is 4.79 Å². The Morgan fingerprint density at radius 1 is 0.712 bits per heavy atom. The van der Waals surface area contributed by atoms with Crippen LogP contribution >= 0.6 is 0 Å². The van der Waals surface area contributed by atoms with E-state index in [-0.39, 0.29) is 18.8 Å². The predicted octanol–water partition coefficient (Wildman–Crippen LogP) is 5.70. The first-order valence-corrected chi connectivity index (χ1v) is 14.6. The van der Waals surface area contributed by atoms with Gasteiger partial charge >= 0.3 is 30.2 Å². The predicted molar refractivity (Wildman–Crippen MR) is 158 cm³/mol. The molecule has 0 aliphatic rings. The molecule has 0 spiro atoms. The van der Waals surface area contributed by atoms with Crippen LogP contribution in [0.3, 0.4) is 0 Å². The van der Waals surface area contributed by atoms with Crippen LogP contribution in [0.5, 0.6) is 5.75 Å². The summed E-state index contributed by atoms with van der Waals surface area (Å²) in [5.41, 5.74) is -2.06. The standard InChI is InChI=1S/C25H23F5O10.C8H7F3O/c1-12(21(32)36-9-14-7-5-4-6-8-14)38-22(33)13(2)39-24(35)37-11-25(3,10-31)23(34)40-20-18(29)16(27)15(26)17(28)19(20)30;9-8(10,11)7-3-1-2-6(4-7)5-12/h4-8,12-13,31H,9-11H2,1-3H3;1-4,12H,5H2. The fourth-order valence-corrected chi connectivity index (χ4v) is 3.51. The van der Waals surface area contributed by atoms with Gasteiger partial charge in [0.25, 0.3) is 0 Å². The van der Waals surface area contributed by atoms with Crippen molar-refractivity contribution in [2.24, 2.45) is 5.41 Å². The molecule has 3 unspecified atom stereocenters. The Morgan fingerprint density at radius 2 is 1.25 bits per heavy atom. The number of halogens is 8. The van der Waals surface area contributed by atoms with E-state index in [1.54, 1.807) is 30.3 Å². The molecule has 0 radical (unpaired) electrons. The summed E-state index contributed by atoms with van der Waals surface area (Å²) < 4.78 is 127. The Bertz CT molecular complexity index is 1690. The first-order valence-electron chi connectivity index (χ1n) is 14.6. The van der Waals surface area contributed by atoms with Crippen LogP contribution in [0.1, 0.15) is 37.5 Å². The molecule has 0 aromatic heterocycles. The van der Waals surface area contributed by atoms with E-state index in [4.69, 9.17) is 14.6 Å². The quantitative estimate of drug-likeness (QED) is 0.0585. The Morgan fingerprint density at radius 3 is 1.79 bits per heavy atom. The molecule has 0 heterocycles. The molecule has 11 nitrogen and oxygen atoms in total. The van der Waals surface area contributed by atoms with Crippen LogP contribution < -0.4 is 4.74 Å². The van der Waals surface area contributed by atoms with E-state index in [0.717, 1.165) is 26.0 Å². The highest BCUT2D eigenvalue weighted by Gasteiger charge is 2.40. The average Bonchev–Trinajstić information content (AvgIpc) is 3.12. The van der Waals surface area contributed by atoms with E-state index in [0.29, 0.717) is 5.56 Å². The molecule has 0 bridgehead atoms. The lowest BCUT2D eigenvalue weighted by Gasteiger charge is -2.24. The maximum absolute atomic E-state index is 13.8. The summed E-state index contributed by atoms with van der Waals surface area (Å²) in [4.78, 5) is 48.5. The molecule has 0 aliphatic carbocycles. The van der Waals surface area contributed by atoms with Crippen molar-refractivity contribution in [1.29, 1.82) is 0 Å². The highest BCUT2D eigenvalue weighted by molar-refractivity contribution is 5.82. The zero-order valence-corrected chi connectivity index (χ0v) is 27.3. The van der Waals surface area contributed by atoms with Crippen LogP contribution in [0.25, 0.3) is 0 Å². The van der Waals surface area contributed by atoms with E-state index >= 15 is 0 Å². The highest BCUT2D eigenvalue weighted by atomic mass is 19.4. The van der Waals surface area contributed by atoms with Crippen molar-refractivity contribution in [3.63, 3.8) is 0 Å². The molecule has 0 amide bonds. The zero-order chi connectivity index (χ0) is 39.4. The number of esters is 3. The number of carbonyl (C=O) groups is 4. The molecule has 0 saturated carbocycles. The van der Waals surface area contributed by atoms with Crippen LogP contribution in [-0.4, -0.2) is 59.7 Å². The van der Waals surface area contributed by atoms with Crippen molar-refractivity contribution in [3.05, 3.63) is 100 Å². The Labute approximate surface area is 289 Å². The van der Waals surface area contributed by atoms with Gasteiger partial charge in [-0.1, -0.05) is 42.5 Å². The largest absolute Gasteiger partial charge is 0.509 e. The van der Waals surface area contributed by atoms with Crippen LogP contribution in [0.4, 0.5) is 39.9 Å². The minimum Gasteiger partial charge on any atom is -0.458 e. The summed E-state index contributed by atoms with van der Waals surface area (Å²) in [6.07, 6.45) is -8.94. The second kappa shape index (κ2) is 18.8. The number of aliphatic hydroxyl groups excluding tert-OH is 2. The minimum atomic E-state index is -4.33. The van der Waals surface area contributed by atoms with Gasteiger partial charge in [0.15, 0.2) is 12.2 Å². The molecule has 3 aromatic rings. The molecule has 0 aliphatic heterocycles.